The van der Waals surface area contributed by atoms with E-state index in [0.717, 1.165) is 33.5 Å². The molecule has 4 aromatic rings. The van der Waals surface area contributed by atoms with Crippen molar-refractivity contribution in [1.82, 2.24) is 24.3 Å². The Hall–Kier alpha value is -2.71. The molecular weight excluding hydrogens is 360 g/mol. The number of rotatable bonds is 4. The van der Waals surface area contributed by atoms with Crippen molar-refractivity contribution in [2.24, 2.45) is 0 Å². The van der Waals surface area contributed by atoms with Gasteiger partial charge in [0.2, 0.25) is 0 Å². The van der Waals surface area contributed by atoms with E-state index in [1.165, 1.54) is 18.4 Å². The van der Waals surface area contributed by atoms with Gasteiger partial charge >= 0.3 is 6.01 Å². The van der Waals surface area contributed by atoms with Crippen molar-refractivity contribution in [2.45, 2.75) is 6.92 Å². The average molecular weight is 373 g/mol. The van der Waals surface area contributed by atoms with Crippen molar-refractivity contribution < 1.29 is 4.74 Å². The predicted octanol–water partition coefficient (Wildman–Crippen LogP) is 3.96. The van der Waals surface area contributed by atoms with E-state index in [-0.39, 0.29) is 0 Å². The standard InChI is InChI=1S/C16H13ClN6OS/c1-9-13(23-5-3-4-11(17)14(23)20-9)12-8-25-16(22-12)21-10-6-18-15(24-2)19-7-10/h3-8H,1-2H3,(H,21,22). The summed E-state index contributed by atoms with van der Waals surface area (Å²) in [6.45, 7) is 1.95. The molecule has 0 fully saturated rings. The highest BCUT2D eigenvalue weighted by atomic mass is 35.5. The number of hydrogen-bond donors (Lipinski definition) is 1. The molecule has 25 heavy (non-hydrogen) atoms. The molecule has 0 radical (unpaired) electrons. The minimum Gasteiger partial charge on any atom is -0.467 e. The molecule has 0 atom stereocenters. The van der Waals surface area contributed by atoms with Gasteiger partial charge in [-0.15, -0.1) is 11.3 Å². The number of aryl methyl sites for hydroxylation is 1. The van der Waals surface area contributed by atoms with Gasteiger partial charge < -0.3 is 10.1 Å². The molecule has 0 spiro atoms. The van der Waals surface area contributed by atoms with Gasteiger partial charge in [0.15, 0.2) is 10.8 Å². The summed E-state index contributed by atoms with van der Waals surface area (Å²) < 4.78 is 6.90. The van der Waals surface area contributed by atoms with Gasteiger partial charge in [0, 0.05) is 11.6 Å². The van der Waals surface area contributed by atoms with E-state index in [4.69, 9.17) is 16.3 Å². The largest absolute Gasteiger partial charge is 0.467 e. The van der Waals surface area contributed by atoms with Gasteiger partial charge in [-0.3, -0.25) is 4.40 Å². The fraction of sp³-hybridized carbons (Fsp3) is 0.125. The Kier molecular flexibility index (Phi) is 3.98. The summed E-state index contributed by atoms with van der Waals surface area (Å²) in [5, 5.41) is 6.51. The molecule has 0 saturated heterocycles. The molecule has 9 heteroatoms. The maximum atomic E-state index is 6.23. The second kappa shape index (κ2) is 6.30. The molecule has 4 aromatic heterocycles. The summed E-state index contributed by atoms with van der Waals surface area (Å²) in [7, 11) is 1.53. The molecule has 0 aromatic carbocycles. The van der Waals surface area contributed by atoms with Crippen LogP contribution in [0.4, 0.5) is 10.8 Å². The zero-order valence-corrected chi connectivity index (χ0v) is 15.0. The molecule has 4 rings (SSSR count). The van der Waals surface area contributed by atoms with Crippen molar-refractivity contribution in [2.75, 3.05) is 12.4 Å². The summed E-state index contributed by atoms with van der Waals surface area (Å²) in [6, 6.07) is 4.04. The molecule has 1 N–H and O–H groups in total. The number of fused-ring (bicyclic) bond motifs is 1. The van der Waals surface area contributed by atoms with Crippen LogP contribution in [0.15, 0.2) is 36.1 Å². The lowest BCUT2D eigenvalue weighted by Gasteiger charge is -2.02. The second-order valence-corrected chi connectivity index (χ2v) is 6.48. The molecule has 0 aliphatic rings. The molecule has 0 unspecified atom stereocenters. The van der Waals surface area contributed by atoms with E-state index in [1.807, 2.05) is 35.0 Å². The highest BCUT2D eigenvalue weighted by Crippen LogP contribution is 2.31. The Morgan fingerprint density at radius 1 is 1.24 bits per heavy atom. The van der Waals surface area contributed by atoms with Crippen LogP contribution >= 0.6 is 22.9 Å². The van der Waals surface area contributed by atoms with E-state index in [2.05, 4.69) is 25.3 Å². The number of hydrogen-bond acceptors (Lipinski definition) is 7. The van der Waals surface area contributed by atoms with Crippen LogP contribution in [0.3, 0.4) is 0 Å². The quantitative estimate of drug-likeness (QED) is 0.584. The van der Waals surface area contributed by atoms with Crippen LogP contribution in [-0.2, 0) is 0 Å². The number of thiazole rings is 1. The first-order chi connectivity index (χ1) is 12.2. The number of anilines is 2. The molecule has 0 bridgehead atoms. The first-order valence-corrected chi connectivity index (χ1v) is 8.63. The smallest absolute Gasteiger partial charge is 0.316 e. The summed E-state index contributed by atoms with van der Waals surface area (Å²) in [5.41, 5.74) is 4.09. The molecule has 0 aliphatic heterocycles. The predicted molar refractivity (Wildman–Crippen MR) is 97.9 cm³/mol. The van der Waals surface area contributed by atoms with Gasteiger partial charge in [-0.2, -0.15) is 0 Å². The monoisotopic (exact) mass is 372 g/mol. The highest BCUT2D eigenvalue weighted by molar-refractivity contribution is 7.14. The van der Waals surface area contributed by atoms with Crippen molar-refractivity contribution >= 4 is 39.4 Å². The minimum absolute atomic E-state index is 0.323. The number of nitrogens with one attached hydrogen (secondary N) is 1. The van der Waals surface area contributed by atoms with Crippen LogP contribution < -0.4 is 10.1 Å². The summed E-state index contributed by atoms with van der Waals surface area (Å²) in [4.78, 5) is 17.3. The van der Waals surface area contributed by atoms with Crippen LogP contribution in [0.2, 0.25) is 5.02 Å². The summed E-state index contributed by atoms with van der Waals surface area (Å²) in [5.74, 6) is 0. The molecule has 0 saturated carbocycles. The van der Waals surface area contributed by atoms with Gasteiger partial charge in [0.1, 0.15) is 5.69 Å². The minimum atomic E-state index is 0.323. The molecule has 4 heterocycles. The number of ether oxygens (including phenoxy) is 1. The van der Waals surface area contributed by atoms with Crippen molar-refractivity contribution in [1.29, 1.82) is 0 Å². The zero-order valence-electron chi connectivity index (χ0n) is 13.4. The van der Waals surface area contributed by atoms with E-state index in [9.17, 15) is 0 Å². The Morgan fingerprint density at radius 3 is 2.80 bits per heavy atom. The lowest BCUT2D eigenvalue weighted by molar-refractivity contribution is 0.380. The third kappa shape index (κ3) is 2.90. The maximum Gasteiger partial charge on any atom is 0.316 e. The number of imidazole rings is 1. The van der Waals surface area contributed by atoms with E-state index >= 15 is 0 Å². The van der Waals surface area contributed by atoms with Gasteiger partial charge in [-0.05, 0) is 19.1 Å². The van der Waals surface area contributed by atoms with Gasteiger partial charge in [-0.25, -0.2) is 19.9 Å². The highest BCUT2D eigenvalue weighted by Gasteiger charge is 2.15. The Balaban J connectivity index is 1.67. The summed E-state index contributed by atoms with van der Waals surface area (Å²) in [6.07, 6.45) is 5.22. The van der Waals surface area contributed by atoms with E-state index in [0.29, 0.717) is 11.0 Å². The van der Waals surface area contributed by atoms with E-state index in [1.54, 1.807) is 12.4 Å². The lowest BCUT2D eigenvalue weighted by atomic mass is 10.3. The number of aromatic nitrogens is 5. The summed E-state index contributed by atoms with van der Waals surface area (Å²) >= 11 is 7.72. The van der Waals surface area contributed by atoms with Crippen LogP contribution in [0.5, 0.6) is 6.01 Å². The normalized spacial score (nSPS) is 11.0. The second-order valence-electron chi connectivity index (χ2n) is 5.22. The fourth-order valence-electron chi connectivity index (χ4n) is 2.51. The Bertz CT molecular complexity index is 1040. The molecule has 7 nitrogen and oxygen atoms in total. The number of methoxy groups -OCH3 is 1. The fourth-order valence-corrected chi connectivity index (χ4v) is 3.43. The van der Waals surface area contributed by atoms with E-state index < -0.39 is 0 Å². The third-order valence-electron chi connectivity index (χ3n) is 3.59. The zero-order chi connectivity index (χ0) is 17.4. The molecule has 0 amide bonds. The van der Waals surface area contributed by atoms with Crippen LogP contribution in [0.25, 0.3) is 17.0 Å². The first-order valence-electron chi connectivity index (χ1n) is 7.38. The lowest BCUT2D eigenvalue weighted by Crippen LogP contribution is -1.95. The number of pyridine rings is 1. The molecule has 126 valence electrons. The Morgan fingerprint density at radius 2 is 2.04 bits per heavy atom. The van der Waals surface area contributed by atoms with Crippen molar-refractivity contribution in [3.63, 3.8) is 0 Å². The topological polar surface area (TPSA) is 77.2 Å². The molecule has 0 aliphatic carbocycles. The third-order valence-corrected chi connectivity index (χ3v) is 4.64. The van der Waals surface area contributed by atoms with Crippen molar-refractivity contribution in [3.8, 4) is 17.4 Å². The number of nitrogens with zero attached hydrogens (tertiary/aromatic N) is 5. The average Bonchev–Trinajstić information content (AvgIpc) is 3.20. The van der Waals surface area contributed by atoms with Crippen LogP contribution in [0.1, 0.15) is 5.69 Å². The van der Waals surface area contributed by atoms with Crippen LogP contribution in [0, 0.1) is 6.92 Å². The number of halogens is 1. The van der Waals surface area contributed by atoms with Gasteiger partial charge in [0.05, 0.1) is 41.6 Å². The maximum absolute atomic E-state index is 6.23. The molecular formula is C16H13ClN6OS. The van der Waals surface area contributed by atoms with Crippen LogP contribution in [-0.4, -0.2) is 31.4 Å². The van der Waals surface area contributed by atoms with Crippen molar-refractivity contribution in [3.05, 3.63) is 46.8 Å². The van der Waals surface area contributed by atoms with Gasteiger partial charge in [0.25, 0.3) is 0 Å². The SMILES string of the molecule is COc1ncc(Nc2nc(-c3c(C)nc4c(Cl)cccn34)cs2)cn1. The van der Waals surface area contributed by atoms with Gasteiger partial charge in [-0.1, -0.05) is 11.6 Å². The first kappa shape index (κ1) is 15.8. The Labute approximate surface area is 152 Å².